The molecule has 0 saturated carbocycles. The quantitative estimate of drug-likeness (QED) is 0.251. The number of rotatable bonds is 7. The molecule has 0 fully saturated rings. The molecule has 0 radical (unpaired) electrons. The van der Waals surface area contributed by atoms with Crippen LogP contribution in [0.2, 0.25) is 0 Å². The number of anilines is 1. The standard InChI is InChI=1S/C20H18N4O6S/c1-3-29-20(26)17-11(2)16-18(21)22-14(23-19(16)31-17)10-30-15(25)9-8-12-6-4-5-7-13(12)24(27)28/h4-9H,3,10H2,1-2H3,(H2,21,22,23)/b9-8+. The third kappa shape index (κ3) is 4.83. The lowest BCUT2D eigenvalue weighted by Gasteiger charge is -2.04. The van der Waals surface area contributed by atoms with Crippen molar-refractivity contribution < 1.29 is 24.0 Å². The highest BCUT2D eigenvalue weighted by Crippen LogP contribution is 2.33. The number of aromatic nitrogens is 2. The van der Waals surface area contributed by atoms with Crippen molar-refractivity contribution >= 4 is 51.1 Å². The van der Waals surface area contributed by atoms with Crippen LogP contribution >= 0.6 is 11.3 Å². The van der Waals surface area contributed by atoms with E-state index >= 15 is 0 Å². The highest BCUT2D eigenvalue weighted by Gasteiger charge is 2.20. The number of fused-ring (bicyclic) bond motifs is 1. The molecular weight excluding hydrogens is 424 g/mol. The number of carbonyl (C=O) groups excluding carboxylic acids is 2. The minimum atomic E-state index is -0.727. The molecular formula is C20H18N4O6S. The SMILES string of the molecule is CCOC(=O)c1sc2nc(COC(=O)/C=C/c3ccccc3[N+](=O)[O-])nc(N)c2c1C. The van der Waals surface area contributed by atoms with Crippen molar-refractivity contribution in [2.24, 2.45) is 0 Å². The molecule has 2 aromatic heterocycles. The Morgan fingerprint density at radius 1 is 1.26 bits per heavy atom. The molecule has 11 heteroatoms. The molecule has 1 aromatic carbocycles. The highest BCUT2D eigenvalue weighted by atomic mass is 32.1. The number of nitro groups is 1. The van der Waals surface area contributed by atoms with Crippen molar-refractivity contribution in [3.63, 3.8) is 0 Å². The normalized spacial score (nSPS) is 11.0. The Balaban J connectivity index is 1.74. The van der Waals surface area contributed by atoms with Gasteiger partial charge in [0.15, 0.2) is 12.4 Å². The van der Waals surface area contributed by atoms with Crippen LogP contribution in [0, 0.1) is 17.0 Å². The zero-order chi connectivity index (χ0) is 22.5. The molecule has 160 valence electrons. The van der Waals surface area contributed by atoms with Crippen molar-refractivity contribution in [3.05, 3.63) is 62.3 Å². The fourth-order valence-corrected chi connectivity index (χ4v) is 3.91. The summed E-state index contributed by atoms with van der Waals surface area (Å²) in [4.78, 5) is 43.9. The number of ether oxygens (including phenoxy) is 2. The van der Waals surface area contributed by atoms with Gasteiger partial charge in [0, 0.05) is 12.1 Å². The lowest BCUT2D eigenvalue weighted by molar-refractivity contribution is -0.385. The van der Waals surface area contributed by atoms with E-state index in [9.17, 15) is 19.7 Å². The Labute approximate surface area is 180 Å². The summed E-state index contributed by atoms with van der Waals surface area (Å²) in [6.45, 7) is 3.43. The van der Waals surface area contributed by atoms with Crippen LogP contribution in [-0.2, 0) is 20.9 Å². The number of aryl methyl sites for hydroxylation is 1. The van der Waals surface area contributed by atoms with Gasteiger partial charge in [-0.05, 0) is 31.6 Å². The van der Waals surface area contributed by atoms with Crippen LogP contribution in [0.3, 0.4) is 0 Å². The fraction of sp³-hybridized carbons (Fsp3) is 0.200. The summed E-state index contributed by atoms with van der Waals surface area (Å²) < 4.78 is 10.2. The predicted molar refractivity (Wildman–Crippen MR) is 114 cm³/mol. The molecule has 0 aliphatic heterocycles. The summed E-state index contributed by atoms with van der Waals surface area (Å²) in [5, 5.41) is 11.6. The van der Waals surface area contributed by atoms with Gasteiger partial charge in [-0.3, -0.25) is 10.1 Å². The summed E-state index contributed by atoms with van der Waals surface area (Å²) in [6, 6.07) is 6.01. The number of nitrogens with two attached hydrogens (primary N) is 1. The van der Waals surface area contributed by atoms with Gasteiger partial charge in [0.25, 0.3) is 5.69 Å². The van der Waals surface area contributed by atoms with Gasteiger partial charge in [-0.15, -0.1) is 11.3 Å². The van der Waals surface area contributed by atoms with Gasteiger partial charge >= 0.3 is 11.9 Å². The van der Waals surface area contributed by atoms with Crippen molar-refractivity contribution in [2.75, 3.05) is 12.3 Å². The number of benzene rings is 1. The van der Waals surface area contributed by atoms with E-state index in [1.54, 1.807) is 19.9 Å². The number of hydrogen-bond acceptors (Lipinski definition) is 10. The van der Waals surface area contributed by atoms with Crippen molar-refractivity contribution in [1.82, 2.24) is 9.97 Å². The van der Waals surface area contributed by atoms with E-state index in [0.29, 0.717) is 20.7 Å². The first-order chi connectivity index (χ1) is 14.8. The molecule has 0 atom stereocenters. The number of hydrogen-bond donors (Lipinski definition) is 1. The molecule has 0 aliphatic rings. The number of carbonyl (C=O) groups is 2. The smallest absolute Gasteiger partial charge is 0.348 e. The van der Waals surface area contributed by atoms with Crippen LogP contribution in [-0.4, -0.2) is 33.4 Å². The Morgan fingerprint density at radius 2 is 2.00 bits per heavy atom. The highest BCUT2D eigenvalue weighted by molar-refractivity contribution is 7.20. The number of nitrogen functional groups attached to an aromatic ring is 1. The van der Waals surface area contributed by atoms with Crippen LogP contribution in [0.25, 0.3) is 16.3 Å². The van der Waals surface area contributed by atoms with Gasteiger partial charge in [-0.25, -0.2) is 19.6 Å². The maximum Gasteiger partial charge on any atom is 0.348 e. The van der Waals surface area contributed by atoms with Gasteiger partial charge in [0.2, 0.25) is 0 Å². The number of nitrogens with zero attached hydrogens (tertiary/aromatic N) is 3. The van der Waals surface area contributed by atoms with Crippen molar-refractivity contribution in [3.8, 4) is 0 Å². The second-order valence-electron chi connectivity index (χ2n) is 6.24. The summed E-state index contributed by atoms with van der Waals surface area (Å²) in [7, 11) is 0. The molecule has 2 heterocycles. The molecule has 10 nitrogen and oxygen atoms in total. The van der Waals surface area contributed by atoms with E-state index < -0.39 is 16.9 Å². The van der Waals surface area contributed by atoms with E-state index in [0.717, 1.165) is 17.4 Å². The fourth-order valence-electron chi connectivity index (χ4n) is 2.81. The largest absolute Gasteiger partial charge is 0.462 e. The van der Waals surface area contributed by atoms with Gasteiger partial charge in [-0.2, -0.15) is 0 Å². The molecule has 0 spiro atoms. The van der Waals surface area contributed by atoms with Gasteiger partial charge < -0.3 is 15.2 Å². The molecule has 3 aromatic rings. The molecule has 0 saturated heterocycles. The monoisotopic (exact) mass is 442 g/mol. The van der Waals surface area contributed by atoms with Crippen molar-refractivity contribution in [2.45, 2.75) is 20.5 Å². The molecule has 0 amide bonds. The Kier molecular flexibility index (Phi) is 6.55. The second kappa shape index (κ2) is 9.30. The summed E-state index contributed by atoms with van der Waals surface area (Å²) in [5.41, 5.74) is 6.79. The third-order valence-electron chi connectivity index (χ3n) is 4.20. The molecule has 0 aliphatic carbocycles. The average Bonchev–Trinajstić information content (AvgIpc) is 3.08. The van der Waals surface area contributed by atoms with E-state index in [1.807, 2.05) is 0 Å². The lowest BCUT2D eigenvalue weighted by atomic mass is 10.1. The van der Waals surface area contributed by atoms with E-state index in [4.69, 9.17) is 15.2 Å². The Bertz CT molecular complexity index is 1200. The van der Waals surface area contributed by atoms with Gasteiger partial charge in [-0.1, -0.05) is 12.1 Å². The van der Waals surface area contributed by atoms with Crippen molar-refractivity contribution in [1.29, 1.82) is 0 Å². The first-order valence-corrected chi connectivity index (χ1v) is 9.94. The number of esters is 2. The maximum absolute atomic E-state index is 12.1. The topological polar surface area (TPSA) is 148 Å². The van der Waals surface area contributed by atoms with Crippen LogP contribution in [0.4, 0.5) is 11.5 Å². The lowest BCUT2D eigenvalue weighted by Crippen LogP contribution is -2.06. The summed E-state index contributed by atoms with van der Waals surface area (Å²) in [5.74, 6) is -0.865. The number of thiophene rings is 1. The third-order valence-corrected chi connectivity index (χ3v) is 5.37. The minimum Gasteiger partial charge on any atom is -0.462 e. The van der Waals surface area contributed by atoms with Crippen LogP contribution < -0.4 is 5.73 Å². The molecule has 2 N–H and O–H groups in total. The number of nitro benzene ring substituents is 1. The van der Waals surface area contributed by atoms with E-state index in [1.165, 1.54) is 24.3 Å². The van der Waals surface area contributed by atoms with E-state index in [-0.39, 0.29) is 36.1 Å². The first-order valence-electron chi connectivity index (χ1n) is 9.12. The second-order valence-corrected chi connectivity index (χ2v) is 7.24. The first kappa shape index (κ1) is 21.8. The minimum absolute atomic E-state index is 0.126. The predicted octanol–water partition coefficient (Wildman–Crippen LogP) is 3.42. The summed E-state index contributed by atoms with van der Waals surface area (Å²) >= 11 is 1.12. The van der Waals surface area contributed by atoms with E-state index in [2.05, 4.69) is 9.97 Å². The molecule has 0 bridgehead atoms. The zero-order valence-corrected chi connectivity index (χ0v) is 17.5. The zero-order valence-electron chi connectivity index (χ0n) is 16.7. The average molecular weight is 442 g/mol. The summed E-state index contributed by atoms with van der Waals surface area (Å²) in [6.07, 6.45) is 2.38. The van der Waals surface area contributed by atoms with Crippen LogP contribution in [0.15, 0.2) is 30.3 Å². The maximum atomic E-state index is 12.1. The van der Waals surface area contributed by atoms with Gasteiger partial charge in [0.1, 0.15) is 15.5 Å². The van der Waals surface area contributed by atoms with Crippen LogP contribution in [0.5, 0.6) is 0 Å². The molecule has 3 rings (SSSR count). The number of para-hydroxylation sites is 1. The molecule has 31 heavy (non-hydrogen) atoms. The Hall–Kier alpha value is -3.86. The molecule has 0 unspecified atom stereocenters. The van der Waals surface area contributed by atoms with Gasteiger partial charge in [0.05, 0.1) is 22.5 Å². The Morgan fingerprint density at radius 3 is 2.71 bits per heavy atom. The van der Waals surface area contributed by atoms with Crippen LogP contribution in [0.1, 0.15) is 33.5 Å².